The second-order valence-electron chi connectivity index (χ2n) is 3.52. The zero-order valence-electron chi connectivity index (χ0n) is 8.51. The lowest BCUT2D eigenvalue weighted by atomic mass is 10.1. The zero-order valence-corrected chi connectivity index (χ0v) is 8.51. The molecule has 0 fully saturated rings. The summed E-state index contributed by atoms with van der Waals surface area (Å²) in [5.41, 5.74) is 2.35. The Bertz CT molecular complexity index is 403. The van der Waals surface area contributed by atoms with Crippen LogP contribution in [0.15, 0.2) is 42.6 Å². The maximum atomic E-state index is 4.40. The number of hydrogen-bond acceptors (Lipinski definition) is 1. The summed E-state index contributed by atoms with van der Waals surface area (Å²) in [6.45, 7) is 4.16. The van der Waals surface area contributed by atoms with Crippen LogP contribution in [0.5, 0.6) is 0 Å². The molecule has 2 heteroatoms. The molecular weight excluding hydrogens is 172 g/mol. The second kappa shape index (κ2) is 3.66. The summed E-state index contributed by atoms with van der Waals surface area (Å²) in [5.74, 6) is 0. The van der Waals surface area contributed by atoms with Crippen molar-refractivity contribution < 1.29 is 0 Å². The van der Waals surface area contributed by atoms with Gasteiger partial charge in [-0.1, -0.05) is 30.3 Å². The number of nitrogens with zero attached hydrogens (tertiary/aromatic N) is 2. The van der Waals surface area contributed by atoms with E-state index in [1.54, 1.807) is 0 Å². The molecule has 1 unspecified atom stereocenters. The van der Waals surface area contributed by atoms with Gasteiger partial charge in [0.1, 0.15) is 0 Å². The van der Waals surface area contributed by atoms with Crippen molar-refractivity contribution >= 4 is 0 Å². The normalized spacial score (nSPS) is 12.7. The number of aromatic nitrogens is 2. The predicted molar refractivity (Wildman–Crippen MR) is 57.2 cm³/mol. The smallest absolute Gasteiger partial charge is 0.0740 e. The average molecular weight is 186 g/mol. The van der Waals surface area contributed by atoms with Gasteiger partial charge >= 0.3 is 0 Å². The summed E-state index contributed by atoms with van der Waals surface area (Å²) in [4.78, 5) is 0. The van der Waals surface area contributed by atoms with Crippen LogP contribution in [0, 0.1) is 6.92 Å². The van der Waals surface area contributed by atoms with Crippen LogP contribution in [0.2, 0.25) is 0 Å². The van der Waals surface area contributed by atoms with Crippen LogP contribution in [-0.2, 0) is 0 Å². The highest BCUT2D eigenvalue weighted by Crippen LogP contribution is 2.16. The van der Waals surface area contributed by atoms with E-state index in [2.05, 4.69) is 36.3 Å². The molecule has 0 radical (unpaired) electrons. The number of hydrogen-bond donors (Lipinski definition) is 0. The molecule has 1 atom stereocenters. The molecule has 1 heterocycles. The number of rotatable bonds is 2. The van der Waals surface area contributed by atoms with Gasteiger partial charge in [0.15, 0.2) is 0 Å². The Hall–Kier alpha value is -1.57. The minimum absolute atomic E-state index is 0.310. The Morgan fingerprint density at radius 3 is 2.43 bits per heavy atom. The molecule has 14 heavy (non-hydrogen) atoms. The molecule has 72 valence electrons. The van der Waals surface area contributed by atoms with E-state index >= 15 is 0 Å². The topological polar surface area (TPSA) is 17.8 Å². The average Bonchev–Trinajstić information content (AvgIpc) is 2.65. The molecule has 0 bridgehead atoms. The molecule has 0 spiro atoms. The van der Waals surface area contributed by atoms with Crippen LogP contribution in [0.1, 0.15) is 24.2 Å². The van der Waals surface area contributed by atoms with E-state index < -0.39 is 0 Å². The summed E-state index contributed by atoms with van der Waals surface area (Å²) < 4.78 is 1.99. The summed E-state index contributed by atoms with van der Waals surface area (Å²) >= 11 is 0. The maximum absolute atomic E-state index is 4.40. The first-order valence-corrected chi connectivity index (χ1v) is 4.84. The van der Waals surface area contributed by atoms with Crippen LogP contribution in [-0.4, -0.2) is 9.78 Å². The quantitative estimate of drug-likeness (QED) is 0.705. The Kier molecular flexibility index (Phi) is 2.35. The van der Waals surface area contributed by atoms with E-state index in [1.165, 1.54) is 5.56 Å². The maximum Gasteiger partial charge on any atom is 0.0740 e. The fraction of sp³-hybridized carbons (Fsp3) is 0.250. The summed E-state index contributed by atoms with van der Waals surface area (Å²) in [6.07, 6.45) is 2.02. The largest absolute Gasteiger partial charge is 0.265 e. The molecule has 2 aromatic rings. The first-order chi connectivity index (χ1) is 6.77. The van der Waals surface area contributed by atoms with E-state index in [1.807, 2.05) is 29.9 Å². The fourth-order valence-electron chi connectivity index (χ4n) is 1.53. The Morgan fingerprint density at radius 1 is 1.14 bits per heavy atom. The van der Waals surface area contributed by atoms with Crippen molar-refractivity contribution in [1.82, 2.24) is 9.78 Å². The van der Waals surface area contributed by atoms with Crippen LogP contribution >= 0.6 is 0 Å². The van der Waals surface area contributed by atoms with Crippen molar-refractivity contribution in [1.29, 1.82) is 0 Å². The van der Waals surface area contributed by atoms with Crippen molar-refractivity contribution in [3.8, 4) is 0 Å². The summed E-state index contributed by atoms with van der Waals surface area (Å²) in [5, 5.41) is 4.40. The minimum atomic E-state index is 0.310. The lowest BCUT2D eigenvalue weighted by Gasteiger charge is -2.11. The number of benzene rings is 1. The lowest BCUT2D eigenvalue weighted by Crippen LogP contribution is -2.07. The first-order valence-electron chi connectivity index (χ1n) is 4.84. The van der Waals surface area contributed by atoms with Gasteiger partial charge in [0, 0.05) is 6.20 Å². The van der Waals surface area contributed by atoms with Crippen LogP contribution in [0.3, 0.4) is 0 Å². The van der Waals surface area contributed by atoms with E-state index in [9.17, 15) is 0 Å². The third-order valence-corrected chi connectivity index (χ3v) is 2.42. The minimum Gasteiger partial charge on any atom is -0.265 e. The van der Waals surface area contributed by atoms with Gasteiger partial charge in [-0.25, -0.2) is 0 Å². The molecule has 2 nitrogen and oxygen atoms in total. The van der Waals surface area contributed by atoms with Gasteiger partial charge in [0.05, 0.1) is 11.7 Å². The molecule has 0 aliphatic heterocycles. The Morgan fingerprint density at radius 2 is 1.86 bits per heavy atom. The van der Waals surface area contributed by atoms with Gasteiger partial charge < -0.3 is 0 Å². The zero-order chi connectivity index (χ0) is 9.97. The molecule has 0 saturated heterocycles. The van der Waals surface area contributed by atoms with Gasteiger partial charge in [0.25, 0.3) is 0 Å². The highest BCUT2D eigenvalue weighted by Gasteiger charge is 2.06. The van der Waals surface area contributed by atoms with Crippen LogP contribution in [0.25, 0.3) is 0 Å². The molecule has 0 aliphatic carbocycles. The number of aryl methyl sites for hydroxylation is 1. The van der Waals surface area contributed by atoms with E-state index in [4.69, 9.17) is 0 Å². The van der Waals surface area contributed by atoms with Crippen LogP contribution in [0.4, 0.5) is 0 Å². The van der Waals surface area contributed by atoms with E-state index in [0.29, 0.717) is 6.04 Å². The molecule has 0 amide bonds. The van der Waals surface area contributed by atoms with Crippen molar-refractivity contribution in [2.45, 2.75) is 19.9 Å². The molecule has 0 aliphatic rings. The lowest BCUT2D eigenvalue weighted by molar-refractivity contribution is 0.560. The summed E-state index contributed by atoms with van der Waals surface area (Å²) in [6, 6.07) is 12.7. The first kappa shape index (κ1) is 9.00. The second-order valence-corrected chi connectivity index (χ2v) is 3.52. The van der Waals surface area contributed by atoms with Crippen molar-refractivity contribution in [2.24, 2.45) is 0 Å². The van der Waals surface area contributed by atoms with E-state index in [-0.39, 0.29) is 0 Å². The van der Waals surface area contributed by atoms with Gasteiger partial charge in [-0.2, -0.15) is 5.10 Å². The van der Waals surface area contributed by atoms with Crippen molar-refractivity contribution in [3.05, 3.63) is 53.9 Å². The van der Waals surface area contributed by atoms with Gasteiger partial charge in [-0.15, -0.1) is 0 Å². The molecule has 1 aromatic carbocycles. The van der Waals surface area contributed by atoms with E-state index in [0.717, 1.165) is 5.69 Å². The Balaban J connectivity index is 2.29. The van der Waals surface area contributed by atoms with Crippen LogP contribution < -0.4 is 0 Å². The third-order valence-electron chi connectivity index (χ3n) is 2.42. The van der Waals surface area contributed by atoms with Gasteiger partial charge in [-0.05, 0) is 25.5 Å². The standard InChI is InChI=1S/C12H14N2/c1-10-8-9-14(13-10)11(2)12-6-4-3-5-7-12/h3-9,11H,1-2H3. The third kappa shape index (κ3) is 1.69. The highest BCUT2D eigenvalue weighted by atomic mass is 15.3. The highest BCUT2D eigenvalue weighted by molar-refractivity contribution is 5.19. The van der Waals surface area contributed by atoms with Gasteiger partial charge in [-0.3, -0.25) is 4.68 Å². The Labute approximate surface area is 84.2 Å². The van der Waals surface area contributed by atoms with Crippen molar-refractivity contribution in [3.63, 3.8) is 0 Å². The monoisotopic (exact) mass is 186 g/mol. The molecule has 1 aromatic heterocycles. The molecular formula is C12H14N2. The molecule has 2 rings (SSSR count). The molecule has 0 N–H and O–H groups in total. The van der Waals surface area contributed by atoms with Crippen molar-refractivity contribution in [2.75, 3.05) is 0 Å². The predicted octanol–water partition coefficient (Wildman–Crippen LogP) is 2.80. The molecule has 0 saturated carbocycles. The fourth-order valence-corrected chi connectivity index (χ4v) is 1.53. The van der Waals surface area contributed by atoms with Gasteiger partial charge in [0.2, 0.25) is 0 Å². The summed E-state index contributed by atoms with van der Waals surface area (Å²) in [7, 11) is 0. The SMILES string of the molecule is Cc1ccn(C(C)c2ccccc2)n1.